The predicted molar refractivity (Wildman–Crippen MR) is 66.8 cm³/mol. The molecule has 1 aromatic rings. The highest BCUT2D eigenvalue weighted by Gasteiger charge is 2.30. The van der Waals surface area contributed by atoms with Gasteiger partial charge in [0.05, 0.1) is 11.3 Å². The summed E-state index contributed by atoms with van der Waals surface area (Å²) < 4.78 is 0. The fourth-order valence-electron chi connectivity index (χ4n) is 1.88. The van der Waals surface area contributed by atoms with Crippen LogP contribution in [0.4, 0.5) is 5.69 Å². The summed E-state index contributed by atoms with van der Waals surface area (Å²) in [5, 5.41) is 2.56. The Bertz CT molecular complexity index is 518. The Balaban J connectivity index is 2.49. The van der Waals surface area contributed by atoms with Crippen LogP contribution in [0.2, 0.25) is 0 Å². The molecule has 3 N–H and O–H groups in total. The fraction of sp³-hybridized carbons (Fsp3) is 0.231. The van der Waals surface area contributed by atoms with Gasteiger partial charge in [0.2, 0.25) is 0 Å². The van der Waals surface area contributed by atoms with Gasteiger partial charge in [-0.25, -0.2) is 0 Å². The van der Waals surface area contributed by atoms with Crippen LogP contribution >= 0.6 is 0 Å². The highest BCUT2D eigenvalue weighted by molar-refractivity contribution is 6.52. The summed E-state index contributed by atoms with van der Waals surface area (Å²) in [7, 11) is 0. The van der Waals surface area contributed by atoms with Crippen molar-refractivity contribution in [2.24, 2.45) is 5.73 Å². The fourth-order valence-corrected chi connectivity index (χ4v) is 1.88. The lowest BCUT2D eigenvalue weighted by Gasteiger charge is -2.05. The highest BCUT2D eigenvalue weighted by Crippen LogP contribution is 2.29. The number of Topliss-reactive ketones (excluding diaryl/α,β-unsaturated/α-hetero) is 1. The third kappa shape index (κ3) is 1.99. The van der Waals surface area contributed by atoms with Crippen molar-refractivity contribution in [3.63, 3.8) is 0 Å². The Morgan fingerprint density at radius 3 is 2.82 bits per heavy atom. The number of fused-ring (bicyclic) bond motifs is 1. The number of hydrogen-bond acceptors (Lipinski definition) is 3. The van der Waals surface area contributed by atoms with Crippen molar-refractivity contribution >= 4 is 23.5 Å². The van der Waals surface area contributed by atoms with E-state index in [2.05, 4.69) is 5.32 Å². The summed E-state index contributed by atoms with van der Waals surface area (Å²) in [6.45, 7) is 2.48. The molecule has 0 fully saturated rings. The molecule has 4 nitrogen and oxygen atoms in total. The quantitative estimate of drug-likeness (QED) is 0.773. The van der Waals surface area contributed by atoms with Crippen molar-refractivity contribution in [1.29, 1.82) is 0 Å². The molecule has 2 rings (SSSR count). The van der Waals surface area contributed by atoms with E-state index in [4.69, 9.17) is 5.73 Å². The largest absolute Gasteiger partial charge is 0.330 e. The van der Waals surface area contributed by atoms with Crippen molar-refractivity contribution in [2.45, 2.75) is 13.3 Å². The minimum absolute atomic E-state index is 0.462. The monoisotopic (exact) mass is 230 g/mol. The number of nitrogens with two attached hydrogens (primary N) is 1. The standard InChI is InChI=1S/C13H14N2O2/c1-8-5-6-10-11(12(16)13(17)15-10)9(8)4-2-3-7-14/h2,4-6H,3,7,14H2,1H3,(H,15,16,17). The SMILES string of the molecule is Cc1ccc2c(c1C=CCCN)C(=O)C(=O)N2. The smallest absolute Gasteiger partial charge is 0.296 e. The molecule has 1 aromatic carbocycles. The van der Waals surface area contributed by atoms with Crippen LogP contribution in [-0.2, 0) is 4.79 Å². The van der Waals surface area contributed by atoms with Crippen LogP contribution in [0.15, 0.2) is 18.2 Å². The van der Waals surface area contributed by atoms with Gasteiger partial charge >= 0.3 is 0 Å². The van der Waals surface area contributed by atoms with Gasteiger partial charge < -0.3 is 11.1 Å². The second-order valence-electron chi connectivity index (χ2n) is 3.98. The van der Waals surface area contributed by atoms with Crippen molar-refractivity contribution in [3.05, 3.63) is 34.9 Å². The van der Waals surface area contributed by atoms with Crippen molar-refractivity contribution in [2.75, 3.05) is 11.9 Å². The van der Waals surface area contributed by atoms with Crippen molar-refractivity contribution in [1.82, 2.24) is 0 Å². The lowest BCUT2D eigenvalue weighted by molar-refractivity contribution is -0.112. The molecular formula is C13H14N2O2. The molecular weight excluding hydrogens is 216 g/mol. The van der Waals surface area contributed by atoms with Crippen LogP contribution in [0.1, 0.15) is 27.9 Å². The van der Waals surface area contributed by atoms with Crippen molar-refractivity contribution < 1.29 is 9.59 Å². The summed E-state index contributed by atoms with van der Waals surface area (Å²) in [5.41, 5.74) is 8.26. The summed E-state index contributed by atoms with van der Waals surface area (Å²) in [4.78, 5) is 23.1. The molecule has 0 radical (unpaired) electrons. The van der Waals surface area contributed by atoms with Gasteiger partial charge in [-0.05, 0) is 37.1 Å². The van der Waals surface area contributed by atoms with E-state index < -0.39 is 11.7 Å². The second kappa shape index (κ2) is 4.51. The first-order valence-corrected chi connectivity index (χ1v) is 5.51. The van der Waals surface area contributed by atoms with Crippen LogP contribution in [-0.4, -0.2) is 18.2 Å². The Labute approximate surface area is 99.5 Å². The molecule has 0 saturated heterocycles. The van der Waals surface area contributed by atoms with Gasteiger partial charge in [0.1, 0.15) is 0 Å². The molecule has 1 aliphatic rings. The number of amides is 1. The van der Waals surface area contributed by atoms with Crippen LogP contribution < -0.4 is 11.1 Å². The van der Waals surface area contributed by atoms with Gasteiger partial charge in [-0.2, -0.15) is 0 Å². The average molecular weight is 230 g/mol. The minimum atomic E-state index is -0.556. The molecule has 1 aliphatic heterocycles. The van der Waals surface area contributed by atoms with E-state index in [0.29, 0.717) is 17.8 Å². The number of carbonyl (C=O) groups is 2. The van der Waals surface area contributed by atoms with E-state index in [1.54, 1.807) is 6.07 Å². The van der Waals surface area contributed by atoms with E-state index in [9.17, 15) is 9.59 Å². The van der Waals surface area contributed by atoms with Gasteiger partial charge in [-0.15, -0.1) is 0 Å². The van der Waals surface area contributed by atoms with Crippen LogP contribution in [0, 0.1) is 6.92 Å². The first kappa shape index (κ1) is 11.5. The Morgan fingerprint density at radius 1 is 1.35 bits per heavy atom. The Kier molecular flexibility index (Phi) is 3.06. The lowest BCUT2D eigenvalue weighted by atomic mass is 9.98. The third-order valence-electron chi connectivity index (χ3n) is 2.76. The third-order valence-corrected chi connectivity index (χ3v) is 2.76. The maximum atomic E-state index is 11.7. The summed E-state index contributed by atoms with van der Waals surface area (Å²) in [5.74, 6) is -1.02. The number of carbonyl (C=O) groups excluding carboxylic acids is 2. The van der Waals surface area contributed by atoms with E-state index in [0.717, 1.165) is 17.5 Å². The van der Waals surface area contributed by atoms with Gasteiger partial charge in [0, 0.05) is 0 Å². The average Bonchev–Trinajstić information content (AvgIpc) is 2.59. The van der Waals surface area contributed by atoms with Crippen LogP contribution in [0.5, 0.6) is 0 Å². The molecule has 0 spiro atoms. The lowest BCUT2D eigenvalue weighted by Crippen LogP contribution is -2.13. The minimum Gasteiger partial charge on any atom is -0.330 e. The molecule has 0 bridgehead atoms. The number of benzene rings is 1. The molecule has 1 amide bonds. The molecule has 0 aromatic heterocycles. The molecule has 0 aliphatic carbocycles. The number of nitrogens with one attached hydrogen (secondary N) is 1. The number of ketones is 1. The zero-order valence-electron chi connectivity index (χ0n) is 9.62. The molecule has 1 heterocycles. The van der Waals surface area contributed by atoms with E-state index in [1.807, 2.05) is 25.1 Å². The Hall–Kier alpha value is -1.94. The maximum absolute atomic E-state index is 11.7. The van der Waals surface area contributed by atoms with E-state index >= 15 is 0 Å². The van der Waals surface area contributed by atoms with Crippen LogP contribution in [0.3, 0.4) is 0 Å². The summed E-state index contributed by atoms with van der Waals surface area (Å²) in [6.07, 6.45) is 4.52. The highest BCUT2D eigenvalue weighted by atomic mass is 16.2. The second-order valence-corrected chi connectivity index (χ2v) is 3.98. The molecule has 4 heteroatoms. The van der Waals surface area contributed by atoms with Crippen molar-refractivity contribution in [3.8, 4) is 0 Å². The van der Waals surface area contributed by atoms with Gasteiger partial charge in [-0.1, -0.05) is 18.2 Å². The van der Waals surface area contributed by atoms with Gasteiger partial charge in [-0.3, -0.25) is 9.59 Å². The first-order chi connectivity index (χ1) is 8.15. The zero-order chi connectivity index (χ0) is 12.4. The number of hydrogen-bond donors (Lipinski definition) is 2. The molecule has 88 valence electrons. The summed E-state index contributed by atoms with van der Waals surface area (Å²) >= 11 is 0. The predicted octanol–water partition coefficient (Wildman–Crippen LogP) is 1.49. The summed E-state index contributed by atoms with van der Waals surface area (Å²) in [6, 6.07) is 3.65. The number of aryl methyl sites for hydroxylation is 1. The van der Waals surface area contributed by atoms with E-state index in [-0.39, 0.29) is 0 Å². The number of rotatable bonds is 3. The van der Waals surface area contributed by atoms with Gasteiger partial charge in [0.25, 0.3) is 11.7 Å². The zero-order valence-corrected chi connectivity index (χ0v) is 9.62. The molecule has 17 heavy (non-hydrogen) atoms. The molecule has 0 unspecified atom stereocenters. The number of anilines is 1. The van der Waals surface area contributed by atoms with E-state index in [1.165, 1.54) is 0 Å². The Morgan fingerprint density at radius 2 is 2.12 bits per heavy atom. The maximum Gasteiger partial charge on any atom is 0.296 e. The molecule has 0 saturated carbocycles. The first-order valence-electron chi connectivity index (χ1n) is 5.51. The normalized spacial score (nSPS) is 14.2. The molecule has 0 atom stereocenters. The van der Waals surface area contributed by atoms with Gasteiger partial charge in [0.15, 0.2) is 0 Å². The topological polar surface area (TPSA) is 72.2 Å². The van der Waals surface area contributed by atoms with Crippen LogP contribution in [0.25, 0.3) is 6.08 Å².